The van der Waals surface area contributed by atoms with Crippen LogP contribution in [-0.2, 0) is 6.54 Å². The van der Waals surface area contributed by atoms with Crippen molar-refractivity contribution in [3.63, 3.8) is 0 Å². The number of pyridine rings is 1. The number of amides is 1. The van der Waals surface area contributed by atoms with E-state index in [-0.39, 0.29) is 17.3 Å². The van der Waals surface area contributed by atoms with Gasteiger partial charge in [0.05, 0.1) is 12.1 Å². The first-order chi connectivity index (χ1) is 9.74. The monoisotopic (exact) mass is 270 g/mol. The quantitative estimate of drug-likeness (QED) is 0.897. The molecule has 0 saturated heterocycles. The summed E-state index contributed by atoms with van der Waals surface area (Å²) in [4.78, 5) is 28.0. The number of rotatable bonds is 2. The van der Waals surface area contributed by atoms with Gasteiger partial charge in [0, 0.05) is 12.6 Å². The van der Waals surface area contributed by atoms with Gasteiger partial charge in [-0.25, -0.2) is 0 Å². The molecule has 0 unspecified atom stereocenters. The van der Waals surface area contributed by atoms with Crippen molar-refractivity contribution < 1.29 is 9.53 Å². The van der Waals surface area contributed by atoms with Crippen LogP contribution in [-0.4, -0.2) is 28.9 Å². The van der Waals surface area contributed by atoms with Crippen LogP contribution in [0.2, 0.25) is 0 Å². The zero-order valence-corrected chi connectivity index (χ0v) is 10.8. The number of ether oxygens (including phenoxy) is 1. The Morgan fingerprint density at radius 2 is 1.90 bits per heavy atom. The lowest BCUT2D eigenvalue weighted by molar-refractivity contribution is 0.0743. The van der Waals surface area contributed by atoms with E-state index < -0.39 is 0 Å². The van der Waals surface area contributed by atoms with Crippen molar-refractivity contribution >= 4 is 5.91 Å². The number of hydrogen-bond acceptors (Lipinski definition) is 3. The molecule has 1 amide bonds. The zero-order valence-electron chi connectivity index (χ0n) is 10.8. The summed E-state index contributed by atoms with van der Waals surface area (Å²) in [5.74, 6) is 0.135. The van der Waals surface area contributed by atoms with Gasteiger partial charge >= 0.3 is 0 Å². The van der Waals surface area contributed by atoms with E-state index in [1.54, 1.807) is 4.90 Å². The minimum atomic E-state index is -0.270. The second kappa shape index (κ2) is 5.21. The summed E-state index contributed by atoms with van der Waals surface area (Å²) >= 11 is 0. The van der Waals surface area contributed by atoms with E-state index in [2.05, 4.69) is 4.98 Å². The van der Waals surface area contributed by atoms with Crippen molar-refractivity contribution in [1.82, 2.24) is 9.88 Å². The number of hydrogen-bond donors (Lipinski definition) is 1. The zero-order chi connectivity index (χ0) is 13.9. The van der Waals surface area contributed by atoms with Crippen LogP contribution < -0.4 is 10.3 Å². The third-order valence-corrected chi connectivity index (χ3v) is 3.22. The fourth-order valence-electron chi connectivity index (χ4n) is 2.22. The summed E-state index contributed by atoms with van der Waals surface area (Å²) in [7, 11) is 0. The van der Waals surface area contributed by atoms with E-state index in [4.69, 9.17) is 4.74 Å². The Balaban J connectivity index is 1.89. The van der Waals surface area contributed by atoms with Gasteiger partial charge in [0.25, 0.3) is 11.5 Å². The molecular formula is C15H14N2O3. The molecule has 0 radical (unpaired) electrons. The van der Waals surface area contributed by atoms with Crippen LogP contribution in [0.4, 0.5) is 0 Å². The standard InChI is InChI=1S/C15H14N2O3/c18-13-7-6-12-14(16-13)20-9-8-17(15(12)19)10-11-4-2-1-3-5-11/h1-7H,8-10H2,(H,16,18). The maximum Gasteiger partial charge on any atom is 0.259 e. The molecule has 0 spiro atoms. The van der Waals surface area contributed by atoms with Crippen LogP contribution in [0.25, 0.3) is 0 Å². The van der Waals surface area contributed by atoms with Crippen LogP contribution in [0, 0.1) is 0 Å². The number of nitrogens with zero attached hydrogens (tertiary/aromatic N) is 1. The molecule has 1 aromatic carbocycles. The number of carbonyl (C=O) groups is 1. The van der Waals surface area contributed by atoms with Crippen molar-refractivity contribution in [3.8, 4) is 5.88 Å². The van der Waals surface area contributed by atoms with Gasteiger partial charge in [-0.3, -0.25) is 14.6 Å². The molecule has 0 fully saturated rings. The molecule has 0 saturated carbocycles. The second-order valence-corrected chi connectivity index (χ2v) is 4.63. The lowest BCUT2D eigenvalue weighted by Gasteiger charge is -2.19. The number of carbonyl (C=O) groups excluding carboxylic acids is 1. The first kappa shape index (κ1) is 12.5. The highest BCUT2D eigenvalue weighted by molar-refractivity contribution is 5.96. The predicted molar refractivity (Wildman–Crippen MR) is 73.7 cm³/mol. The molecule has 1 aromatic heterocycles. The summed E-state index contributed by atoms with van der Waals surface area (Å²) < 4.78 is 5.45. The molecule has 1 aliphatic heterocycles. The summed E-state index contributed by atoms with van der Waals surface area (Å²) in [6.45, 7) is 1.39. The number of nitrogens with one attached hydrogen (secondary N) is 1. The molecule has 3 rings (SSSR count). The second-order valence-electron chi connectivity index (χ2n) is 4.63. The maximum atomic E-state index is 12.5. The Bertz CT molecular complexity index is 679. The van der Waals surface area contributed by atoms with E-state index in [0.29, 0.717) is 25.3 Å². The lowest BCUT2D eigenvalue weighted by atomic mass is 10.2. The Kier molecular flexibility index (Phi) is 3.25. The highest BCUT2D eigenvalue weighted by atomic mass is 16.5. The van der Waals surface area contributed by atoms with Crippen molar-refractivity contribution in [1.29, 1.82) is 0 Å². The molecule has 5 nitrogen and oxygen atoms in total. The number of aromatic amines is 1. The molecule has 2 heterocycles. The third-order valence-electron chi connectivity index (χ3n) is 3.22. The largest absolute Gasteiger partial charge is 0.476 e. The molecule has 2 aromatic rings. The number of aromatic nitrogens is 1. The fourth-order valence-corrected chi connectivity index (χ4v) is 2.22. The Labute approximate surface area is 115 Å². The SMILES string of the molecule is O=C1c2ccc(=O)[nH]c2OCCN1Cc1ccccc1. The maximum absolute atomic E-state index is 12.5. The molecule has 20 heavy (non-hydrogen) atoms. The van der Waals surface area contributed by atoms with Gasteiger partial charge in [0.1, 0.15) is 6.61 Å². The van der Waals surface area contributed by atoms with Crippen molar-refractivity contribution in [2.24, 2.45) is 0 Å². The van der Waals surface area contributed by atoms with Crippen LogP contribution in [0.15, 0.2) is 47.3 Å². The molecule has 5 heteroatoms. The number of fused-ring (bicyclic) bond motifs is 1. The van der Waals surface area contributed by atoms with Crippen molar-refractivity contribution in [2.45, 2.75) is 6.54 Å². The van der Waals surface area contributed by atoms with Crippen LogP contribution in [0.5, 0.6) is 5.88 Å². The van der Waals surface area contributed by atoms with Gasteiger partial charge in [-0.1, -0.05) is 30.3 Å². The third kappa shape index (κ3) is 2.42. The van der Waals surface area contributed by atoms with Gasteiger partial charge in [-0.2, -0.15) is 0 Å². The lowest BCUT2D eigenvalue weighted by Crippen LogP contribution is -2.31. The topological polar surface area (TPSA) is 62.4 Å². The molecular weight excluding hydrogens is 256 g/mol. The first-order valence-electron chi connectivity index (χ1n) is 6.43. The fraction of sp³-hybridized carbons (Fsp3) is 0.200. The van der Waals surface area contributed by atoms with Crippen LogP contribution in [0.3, 0.4) is 0 Å². The van der Waals surface area contributed by atoms with Gasteiger partial charge < -0.3 is 9.64 Å². The average Bonchev–Trinajstić information content (AvgIpc) is 2.60. The normalized spacial score (nSPS) is 14.4. The summed E-state index contributed by atoms with van der Waals surface area (Å²) in [5, 5.41) is 0. The van der Waals surface area contributed by atoms with E-state index in [0.717, 1.165) is 5.56 Å². The first-order valence-corrected chi connectivity index (χ1v) is 6.43. The predicted octanol–water partition coefficient (Wildman–Crippen LogP) is 1.41. The van der Waals surface area contributed by atoms with Gasteiger partial charge in [-0.15, -0.1) is 0 Å². The minimum Gasteiger partial charge on any atom is -0.476 e. The molecule has 0 atom stereocenters. The van der Waals surface area contributed by atoms with Gasteiger partial charge in [0.2, 0.25) is 5.88 Å². The highest BCUT2D eigenvalue weighted by Crippen LogP contribution is 2.19. The number of benzene rings is 1. The smallest absolute Gasteiger partial charge is 0.259 e. The van der Waals surface area contributed by atoms with Crippen molar-refractivity contribution in [2.75, 3.05) is 13.2 Å². The number of H-pyrrole nitrogens is 1. The summed E-state index contributed by atoms with van der Waals surface area (Å²) in [6.07, 6.45) is 0. The van der Waals surface area contributed by atoms with Crippen LogP contribution >= 0.6 is 0 Å². The Morgan fingerprint density at radius 1 is 1.10 bits per heavy atom. The van der Waals surface area contributed by atoms with Crippen LogP contribution in [0.1, 0.15) is 15.9 Å². The van der Waals surface area contributed by atoms with E-state index in [1.165, 1.54) is 12.1 Å². The summed E-state index contributed by atoms with van der Waals surface area (Å²) in [5.41, 5.74) is 1.19. The van der Waals surface area contributed by atoms with E-state index in [9.17, 15) is 9.59 Å². The molecule has 0 aliphatic carbocycles. The van der Waals surface area contributed by atoms with E-state index >= 15 is 0 Å². The highest BCUT2D eigenvalue weighted by Gasteiger charge is 2.24. The molecule has 1 aliphatic rings. The van der Waals surface area contributed by atoms with Gasteiger partial charge in [0.15, 0.2) is 0 Å². The van der Waals surface area contributed by atoms with Gasteiger partial charge in [-0.05, 0) is 11.6 Å². The minimum absolute atomic E-state index is 0.127. The Hall–Kier alpha value is -2.56. The summed E-state index contributed by atoms with van der Waals surface area (Å²) in [6, 6.07) is 12.6. The average molecular weight is 270 g/mol. The van der Waals surface area contributed by atoms with E-state index in [1.807, 2.05) is 30.3 Å². The molecule has 0 bridgehead atoms. The molecule has 1 N–H and O–H groups in total. The Morgan fingerprint density at radius 3 is 2.70 bits per heavy atom. The molecule has 102 valence electrons. The van der Waals surface area contributed by atoms with Crippen molar-refractivity contribution in [3.05, 3.63) is 63.9 Å².